The fourth-order valence-corrected chi connectivity index (χ4v) is 4.09. The van der Waals surface area contributed by atoms with Gasteiger partial charge in [0.25, 0.3) is 0 Å². The van der Waals surface area contributed by atoms with E-state index in [4.69, 9.17) is 0 Å². The fraction of sp³-hybridized carbons (Fsp3) is 0.667. The van der Waals surface area contributed by atoms with Gasteiger partial charge in [-0.15, -0.1) is 0 Å². The van der Waals surface area contributed by atoms with Gasteiger partial charge in [-0.05, 0) is 36.3 Å². The summed E-state index contributed by atoms with van der Waals surface area (Å²) >= 11 is 0. The summed E-state index contributed by atoms with van der Waals surface area (Å²) in [4.78, 5) is 24.1. The molecule has 1 rings (SSSR count). The highest BCUT2D eigenvalue weighted by atomic mass is 16.4. The van der Waals surface area contributed by atoms with Crippen molar-refractivity contribution in [3.63, 3.8) is 0 Å². The highest BCUT2D eigenvalue weighted by molar-refractivity contribution is 5.98. The number of benzene rings is 1. The van der Waals surface area contributed by atoms with Gasteiger partial charge in [0.15, 0.2) is 0 Å². The first-order valence-electron chi connectivity index (χ1n) is 11.1. The van der Waals surface area contributed by atoms with Crippen LogP contribution in [0, 0.1) is 11.8 Å². The summed E-state index contributed by atoms with van der Waals surface area (Å²) in [6.45, 7) is 8.36. The Bertz CT molecular complexity index is 680. The first kappa shape index (κ1) is 25.0. The lowest BCUT2D eigenvalue weighted by Gasteiger charge is -2.22. The van der Waals surface area contributed by atoms with Gasteiger partial charge < -0.3 is 15.3 Å². The summed E-state index contributed by atoms with van der Waals surface area (Å²) < 4.78 is 0. The van der Waals surface area contributed by atoms with E-state index in [2.05, 4.69) is 27.7 Å². The smallest absolute Gasteiger partial charge is 0.336 e. The predicted octanol–water partition coefficient (Wildman–Crippen LogP) is 6.31. The number of aromatic hydroxyl groups is 1. The normalized spacial score (nSPS) is 13.2. The molecule has 0 aliphatic heterocycles. The van der Waals surface area contributed by atoms with Crippen LogP contribution < -0.4 is 0 Å². The van der Waals surface area contributed by atoms with Crippen molar-refractivity contribution in [2.45, 2.75) is 91.9 Å². The van der Waals surface area contributed by atoms with Crippen molar-refractivity contribution in [3.05, 3.63) is 28.3 Å². The van der Waals surface area contributed by atoms with Gasteiger partial charge in [-0.25, -0.2) is 9.59 Å². The zero-order valence-corrected chi connectivity index (χ0v) is 18.5. The maximum Gasteiger partial charge on any atom is 0.336 e. The quantitative estimate of drug-likeness (QED) is 0.337. The van der Waals surface area contributed by atoms with Crippen LogP contribution in [-0.2, 0) is 12.8 Å². The van der Waals surface area contributed by atoms with Crippen LogP contribution in [0.4, 0.5) is 0 Å². The molecule has 1 aromatic carbocycles. The molecular weight excluding hydrogens is 368 g/mol. The Morgan fingerprint density at radius 1 is 0.828 bits per heavy atom. The molecule has 0 saturated heterocycles. The van der Waals surface area contributed by atoms with Gasteiger partial charge >= 0.3 is 11.9 Å². The van der Waals surface area contributed by atoms with Crippen LogP contribution in [0.5, 0.6) is 5.75 Å². The zero-order valence-electron chi connectivity index (χ0n) is 18.5. The Morgan fingerprint density at radius 3 is 1.69 bits per heavy atom. The van der Waals surface area contributed by atoms with Gasteiger partial charge in [0.2, 0.25) is 0 Å². The maximum absolute atomic E-state index is 12.2. The largest absolute Gasteiger partial charge is 0.508 e. The number of unbranched alkanes of at least 4 members (excludes halogenated alkanes) is 2. The van der Waals surface area contributed by atoms with Gasteiger partial charge in [-0.3, -0.25) is 0 Å². The van der Waals surface area contributed by atoms with Crippen LogP contribution in [0.2, 0.25) is 0 Å². The number of aromatic carboxylic acids is 2. The van der Waals surface area contributed by atoms with E-state index in [-0.39, 0.29) is 28.7 Å². The highest BCUT2D eigenvalue weighted by Gasteiger charge is 2.28. The Balaban J connectivity index is 3.49. The lowest BCUT2D eigenvalue weighted by atomic mass is 9.82. The summed E-state index contributed by atoms with van der Waals surface area (Å²) in [6, 6.07) is 1.26. The average molecular weight is 407 g/mol. The average Bonchev–Trinajstić information content (AvgIpc) is 2.69. The number of carbonyl (C=O) groups is 2. The van der Waals surface area contributed by atoms with Crippen LogP contribution in [0.3, 0.4) is 0 Å². The van der Waals surface area contributed by atoms with Crippen LogP contribution in [0.25, 0.3) is 0 Å². The maximum atomic E-state index is 12.2. The third-order valence-corrected chi connectivity index (χ3v) is 6.04. The summed E-state index contributed by atoms with van der Waals surface area (Å²) in [5.74, 6) is -2.05. The molecule has 0 spiro atoms. The number of carboxylic acid groups (broad SMARTS) is 2. The summed E-state index contributed by atoms with van der Waals surface area (Å²) in [6.07, 6.45) is 8.73. The van der Waals surface area contributed by atoms with E-state index in [1.54, 1.807) is 0 Å². The summed E-state index contributed by atoms with van der Waals surface area (Å²) in [5, 5.41) is 30.3. The van der Waals surface area contributed by atoms with Crippen molar-refractivity contribution in [3.8, 4) is 5.75 Å². The second kappa shape index (κ2) is 12.5. The molecule has 0 heterocycles. The number of phenols is 1. The third kappa shape index (κ3) is 7.06. The number of carboxylic acids is 2. The molecule has 1 aromatic rings. The van der Waals surface area contributed by atoms with Gasteiger partial charge in [-0.2, -0.15) is 0 Å². The van der Waals surface area contributed by atoms with Crippen LogP contribution in [0.15, 0.2) is 6.07 Å². The topological polar surface area (TPSA) is 94.8 Å². The lowest BCUT2D eigenvalue weighted by molar-refractivity contribution is 0.0692. The molecule has 2 unspecified atom stereocenters. The van der Waals surface area contributed by atoms with E-state index in [9.17, 15) is 24.9 Å². The Hall–Kier alpha value is -2.04. The summed E-state index contributed by atoms with van der Waals surface area (Å²) in [7, 11) is 0. The van der Waals surface area contributed by atoms with Gasteiger partial charge in [0.05, 0.1) is 11.1 Å². The first-order chi connectivity index (χ1) is 13.8. The van der Waals surface area contributed by atoms with E-state index in [1.807, 2.05) is 0 Å². The number of rotatable bonds is 14. The Morgan fingerprint density at radius 2 is 1.31 bits per heavy atom. The lowest BCUT2D eigenvalue weighted by Crippen LogP contribution is -2.18. The molecule has 0 saturated carbocycles. The third-order valence-electron chi connectivity index (χ3n) is 6.04. The Labute approximate surface area is 175 Å². The molecule has 164 valence electrons. The number of phenolic OH excluding ortho intramolecular Hbond substituents is 1. The monoisotopic (exact) mass is 406 g/mol. The molecule has 3 N–H and O–H groups in total. The van der Waals surface area contributed by atoms with E-state index < -0.39 is 11.9 Å². The molecule has 0 amide bonds. The minimum Gasteiger partial charge on any atom is -0.508 e. The summed E-state index contributed by atoms with van der Waals surface area (Å²) in [5.41, 5.74) is 0.685. The highest BCUT2D eigenvalue weighted by Crippen LogP contribution is 2.35. The molecule has 5 heteroatoms. The molecule has 0 aliphatic carbocycles. The minimum atomic E-state index is -1.19. The van der Waals surface area contributed by atoms with E-state index >= 15 is 0 Å². The molecule has 5 nitrogen and oxygen atoms in total. The van der Waals surface area contributed by atoms with Crippen molar-refractivity contribution < 1.29 is 24.9 Å². The molecule has 0 bridgehead atoms. The molecular formula is C24H38O5. The molecule has 0 radical (unpaired) electrons. The van der Waals surface area contributed by atoms with Crippen LogP contribution >= 0.6 is 0 Å². The minimum absolute atomic E-state index is 0.00676. The number of hydrogen-bond acceptors (Lipinski definition) is 3. The Kier molecular flexibility index (Phi) is 10.8. The van der Waals surface area contributed by atoms with E-state index in [0.717, 1.165) is 51.4 Å². The van der Waals surface area contributed by atoms with Crippen molar-refractivity contribution in [2.24, 2.45) is 11.8 Å². The van der Waals surface area contributed by atoms with Crippen molar-refractivity contribution >= 4 is 11.9 Å². The van der Waals surface area contributed by atoms with Gasteiger partial charge in [0.1, 0.15) is 5.75 Å². The van der Waals surface area contributed by atoms with Gasteiger partial charge in [0, 0.05) is 5.56 Å². The van der Waals surface area contributed by atoms with Crippen LogP contribution in [-0.4, -0.2) is 27.3 Å². The van der Waals surface area contributed by atoms with E-state index in [0.29, 0.717) is 24.0 Å². The fourth-order valence-electron chi connectivity index (χ4n) is 4.09. The standard InChI is InChI=1S/C24H38O5/c1-5-9-11-16(7-3)13-18-19(23(26)27)15-21(25)20(22(18)24(28)29)14-17(8-4)12-10-6-2/h15-17,25H,5-14H2,1-4H3,(H,26,27)(H,28,29). The van der Waals surface area contributed by atoms with Crippen molar-refractivity contribution in [2.75, 3.05) is 0 Å². The van der Waals surface area contributed by atoms with Crippen molar-refractivity contribution in [1.82, 2.24) is 0 Å². The van der Waals surface area contributed by atoms with E-state index in [1.165, 1.54) is 6.07 Å². The molecule has 29 heavy (non-hydrogen) atoms. The van der Waals surface area contributed by atoms with Crippen LogP contribution in [0.1, 0.15) is 111 Å². The molecule has 0 aromatic heterocycles. The second-order valence-electron chi connectivity index (χ2n) is 8.13. The molecule has 0 aliphatic rings. The second-order valence-corrected chi connectivity index (χ2v) is 8.13. The molecule has 0 fully saturated rings. The predicted molar refractivity (Wildman–Crippen MR) is 116 cm³/mol. The first-order valence-corrected chi connectivity index (χ1v) is 11.1. The molecule has 2 atom stereocenters. The number of hydrogen-bond donors (Lipinski definition) is 3. The van der Waals surface area contributed by atoms with Gasteiger partial charge in [-0.1, -0.05) is 79.1 Å². The van der Waals surface area contributed by atoms with Crippen molar-refractivity contribution in [1.29, 1.82) is 0 Å². The zero-order chi connectivity index (χ0) is 22.0. The SMILES string of the molecule is CCCCC(CC)Cc1c(O)cc(C(=O)O)c(CC(CC)CCCC)c1C(=O)O.